The SMILES string of the molecule is O=C(O)C1CC1C(=O)NCc1ncn[nH]1. The Morgan fingerprint density at radius 1 is 1.60 bits per heavy atom. The van der Waals surface area contributed by atoms with Crippen LogP contribution in [0.25, 0.3) is 0 Å². The van der Waals surface area contributed by atoms with Gasteiger partial charge in [0.2, 0.25) is 5.91 Å². The number of nitrogens with one attached hydrogen (secondary N) is 2. The Labute approximate surface area is 84.9 Å². The van der Waals surface area contributed by atoms with Crippen molar-refractivity contribution in [1.82, 2.24) is 20.5 Å². The molecule has 2 atom stereocenters. The fraction of sp³-hybridized carbons (Fsp3) is 0.500. The van der Waals surface area contributed by atoms with Crippen molar-refractivity contribution in [2.45, 2.75) is 13.0 Å². The topological polar surface area (TPSA) is 108 Å². The van der Waals surface area contributed by atoms with E-state index in [-0.39, 0.29) is 18.4 Å². The summed E-state index contributed by atoms with van der Waals surface area (Å²) in [5, 5.41) is 17.4. The van der Waals surface area contributed by atoms with E-state index in [2.05, 4.69) is 20.5 Å². The van der Waals surface area contributed by atoms with Gasteiger partial charge in [-0.15, -0.1) is 0 Å². The number of H-pyrrole nitrogens is 1. The zero-order valence-electron chi connectivity index (χ0n) is 7.80. The third kappa shape index (κ3) is 2.12. The van der Waals surface area contributed by atoms with Crippen LogP contribution in [0.5, 0.6) is 0 Å². The number of aliphatic carboxylic acids is 1. The summed E-state index contributed by atoms with van der Waals surface area (Å²) in [5.74, 6) is -1.49. The first-order valence-electron chi connectivity index (χ1n) is 4.53. The summed E-state index contributed by atoms with van der Waals surface area (Å²) in [6.07, 6.45) is 1.77. The maximum atomic E-state index is 11.4. The highest BCUT2D eigenvalue weighted by Gasteiger charge is 2.48. The van der Waals surface area contributed by atoms with E-state index in [1.54, 1.807) is 0 Å². The molecule has 0 bridgehead atoms. The van der Waals surface area contributed by atoms with Gasteiger partial charge in [0.15, 0.2) is 0 Å². The zero-order chi connectivity index (χ0) is 10.8. The number of carbonyl (C=O) groups excluding carboxylic acids is 1. The monoisotopic (exact) mass is 210 g/mol. The van der Waals surface area contributed by atoms with Crippen molar-refractivity contribution in [1.29, 1.82) is 0 Å². The van der Waals surface area contributed by atoms with Gasteiger partial charge in [0, 0.05) is 0 Å². The van der Waals surface area contributed by atoms with Crippen molar-refractivity contribution in [2.75, 3.05) is 0 Å². The molecule has 0 aromatic carbocycles. The molecule has 1 amide bonds. The molecule has 1 fully saturated rings. The van der Waals surface area contributed by atoms with E-state index in [0.29, 0.717) is 12.2 Å². The van der Waals surface area contributed by atoms with Crippen LogP contribution in [0.15, 0.2) is 6.33 Å². The van der Waals surface area contributed by atoms with Gasteiger partial charge in [0.05, 0.1) is 18.4 Å². The average Bonchev–Trinajstić information content (AvgIpc) is 2.85. The summed E-state index contributed by atoms with van der Waals surface area (Å²) in [6, 6.07) is 0. The fourth-order valence-corrected chi connectivity index (χ4v) is 1.38. The lowest BCUT2D eigenvalue weighted by atomic mass is 10.3. The Kier molecular flexibility index (Phi) is 2.36. The van der Waals surface area contributed by atoms with Crippen molar-refractivity contribution in [3.05, 3.63) is 12.2 Å². The lowest BCUT2D eigenvalue weighted by Crippen LogP contribution is -2.26. The predicted octanol–water partition coefficient (Wildman–Crippen LogP) is -0.858. The Balaban J connectivity index is 1.77. The van der Waals surface area contributed by atoms with E-state index in [1.807, 2.05) is 0 Å². The van der Waals surface area contributed by atoms with E-state index in [9.17, 15) is 9.59 Å². The molecule has 1 aliphatic carbocycles. The van der Waals surface area contributed by atoms with Crippen LogP contribution in [0.3, 0.4) is 0 Å². The van der Waals surface area contributed by atoms with Crippen LogP contribution in [-0.4, -0.2) is 32.2 Å². The van der Waals surface area contributed by atoms with Gasteiger partial charge in [-0.25, -0.2) is 4.98 Å². The largest absolute Gasteiger partial charge is 0.481 e. The number of nitrogens with zero attached hydrogens (tertiary/aromatic N) is 2. The molecule has 15 heavy (non-hydrogen) atoms. The van der Waals surface area contributed by atoms with Gasteiger partial charge >= 0.3 is 5.97 Å². The second kappa shape index (κ2) is 3.68. The molecular weight excluding hydrogens is 200 g/mol. The van der Waals surface area contributed by atoms with Crippen molar-refractivity contribution in [2.24, 2.45) is 11.8 Å². The first-order chi connectivity index (χ1) is 7.18. The quantitative estimate of drug-likeness (QED) is 0.599. The minimum Gasteiger partial charge on any atom is -0.481 e. The molecule has 1 aromatic rings. The van der Waals surface area contributed by atoms with Crippen molar-refractivity contribution in [3.8, 4) is 0 Å². The molecule has 1 heterocycles. The van der Waals surface area contributed by atoms with Gasteiger partial charge < -0.3 is 10.4 Å². The number of amides is 1. The normalized spacial score (nSPS) is 23.5. The lowest BCUT2D eigenvalue weighted by Gasteiger charge is -2.00. The van der Waals surface area contributed by atoms with Gasteiger partial charge in [-0.3, -0.25) is 14.7 Å². The van der Waals surface area contributed by atoms with E-state index in [4.69, 9.17) is 5.11 Å². The van der Waals surface area contributed by atoms with Gasteiger partial charge in [-0.2, -0.15) is 5.10 Å². The van der Waals surface area contributed by atoms with Crippen LogP contribution < -0.4 is 5.32 Å². The fourth-order valence-electron chi connectivity index (χ4n) is 1.38. The Morgan fingerprint density at radius 3 is 2.93 bits per heavy atom. The highest BCUT2D eigenvalue weighted by atomic mass is 16.4. The summed E-state index contributed by atoms with van der Waals surface area (Å²) < 4.78 is 0. The number of carboxylic acids is 1. The van der Waals surface area contributed by atoms with Gasteiger partial charge in [0.25, 0.3) is 0 Å². The van der Waals surface area contributed by atoms with Crippen molar-refractivity contribution >= 4 is 11.9 Å². The number of carbonyl (C=O) groups is 2. The number of aromatic nitrogens is 3. The molecule has 0 aliphatic heterocycles. The second-order valence-electron chi connectivity index (χ2n) is 3.44. The smallest absolute Gasteiger partial charge is 0.307 e. The average molecular weight is 210 g/mol. The van der Waals surface area contributed by atoms with E-state index in [0.717, 1.165) is 0 Å². The number of carboxylic acid groups (broad SMARTS) is 1. The summed E-state index contributed by atoms with van der Waals surface area (Å²) in [6.45, 7) is 0.252. The predicted molar refractivity (Wildman–Crippen MR) is 47.5 cm³/mol. The third-order valence-electron chi connectivity index (χ3n) is 2.34. The molecule has 2 rings (SSSR count). The van der Waals surface area contributed by atoms with Crippen molar-refractivity contribution in [3.63, 3.8) is 0 Å². The summed E-state index contributed by atoms with van der Waals surface area (Å²) in [4.78, 5) is 25.7. The minimum atomic E-state index is -0.908. The highest BCUT2D eigenvalue weighted by Crippen LogP contribution is 2.38. The number of hydrogen-bond donors (Lipinski definition) is 3. The maximum Gasteiger partial charge on any atom is 0.307 e. The van der Waals surface area contributed by atoms with Crippen LogP contribution in [0, 0.1) is 11.8 Å². The van der Waals surface area contributed by atoms with Crippen LogP contribution in [-0.2, 0) is 16.1 Å². The summed E-state index contributed by atoms with van der Waals surface area (Å²) in [7, 11) is 0. The molecule has 1 aromatic heterocycles. The van der Waals surface area contributed by atoms with E-state index >= 15 is 0 Å². The van der Waals surface area contributed by atoms with Crippen molar-refractivity contribution < 1.29 is 14.7 Å². The second-order valence-corrected chi connectivity index (χ2v) is 3.44. The minimum absolute atomic E-state index is 0.237. The standard InChI is InChI=1S/C8H10N4O3/c13-7(4-1-5(4)8(14)15)9-2-6-10-3-11-12-6/h3-5H,1-2H2,(H,9,13)(H,14,15)(H,10,11,12). The maximum absolute atomic E-state index is 11.4. The first-order valence-corrected chi connectivity index (χ1v) is 4.53. The molecule has 0 saturated heterocycles. The van der Waals surface area contributed by atoms with Crippen LogP contribution in [0.1, 0.15) is 12.2 Å². The molecule has 7 nitrogen and oxygen atoms in total. The number of aromatic amines is 1. The molecule has 3 N–H and O–H groups in total. The van der Waals surface area contributed by atoms with E-state index < -0.39 is 11.9 Å². The van der Waals surface area contributed by atoms with Crippen LogP contribution >= 0.6 is 0 Å². The van der Waals surface area contributed by atoms with Crippen LogP contribution in [0.4, 0.5) is 0 Å². The molecular formula is C8H10N4O3. The molecule has 80 valence electrons. The van der Waals surface area contributed by atoms with Gasteiger partial charge in [-0.1, -0.05) is 0 Å². The number of hydrogen-bond acceptors (Lipinski definition) is 4. The zero-order valence-corrected chi connectivity index (χ0v) is 7.80. The molecule has 2 unspecified atom stereocenters. The highest BCUT2D eigenvalue weighted by molar-refractivity contribution is 5.89. The molecule has 0 radical (unpaired) electrons. The third-order valence-corrected chi connectivity index (χ3v) is 2.34. The summed E-state index contributed by atoms with van der Waals surface area (Å²) in [5.41, 5.74) is 0. The molecule has 1 aliphatic rings. The summed E-state index contributed by atoms with van der Waals surface area (Å²) >= 11 is 0. The van der Waals surface area contributed by atoms with Crippen LogP contribution in [0.2, 0.25) is 0 Å². The molecule has 0 spiro atoms. The van der Waals surface area contributed by atoms with Gasteiger partial charge in [0.1, 0.15) is 12.2 Å². The number of rotatable bonds is 4. The Hall–Kier alpha value is -1.92. The molecule has 7 heteroatoms. The van der Waals surface area contributed by atoms with E-state index in [1.165, 1.54) is 6.33 Å². The molecule has 1 saturated carbocycles. The van der Waals surface area contributed by atoms with Gasteiger partial charge in [-0.05, 0) is 6.42 Å². The Bertz CT molecular complexity index is 375. The lowest BCUT2D eigenvalue weighted by molar-refractivity contribution is -0.140. The first kappa shape index (κ1) is 9.63. The Morgan fingerprint density at radius 2 is 2.40 bits per heavy atom.